The third kappa shape index (κ3) is 7.77. The summed E-state index contributed by atoms with van der Waals surface area (Å²) in [6.45, 7) is 2.64. The standard InChI is InChI=1S/C39H36N6O6/c1-38(50,28-9-5-3-6-10-28)36(48)42-32(22-40)34(46)26-17-13-24(14-18-26)30-21-31(45-44-30)25-15-19-27(20-16-25)35(47)33(23-41)43-37(49)39(2,51)29-11-7-4-8-12-29/h3-23,32-33,40-41,50-51H,1-2H3,(H,42,48)(H,43,49)(H,44,45)/t32-,33-,38+,39+/m0/s1. The Labute approximate surface area is 293 Å². The number of Topliss-reactive ketones (excluding diaryl/α,β-unsaturated/α-hetero) is 2. The Kier molecular flexibility index (Phi) is 10.6. The lowest BCUT2D eigenvalue weighted by molar-refractivity contribution is -0.139. The van der Waals surface area contributed by atoms with Crippen LogP contribution in [0.4, 0.5) is 0 Å². The number of nitrogens with zero attached hydrogens (tertiary/aromatic N) is 1. The molecule has 2 amide bonds. The fourth-order valence-corrected chi connectivity index (χ4v) is 5.31. The van der Waals surface area contributed by atoms with Crippen molar-refractivity contribution < 1.29 is 29.4 Å². The first kappa shape index (κ1) is 35.9. The van der Waals surface area contributed by atoms with Crippen molar-refractivity contribution in [2.45, 2.75) is 37.1 Å². The average Bonchev–Trinajstić information content (AvgIpc) is 3.66. The number of benzene rings is 4. The van der Waals surface area contributed by atoms with Crippen LogP contribution in [0.25, 0.3) is 22.5 Å². The molecule has 1 heterocycles. The number of aromatic nitrogens is 2. The van der Waals surface area contributed by atoms with E-state index in [1.807, 2.05) is 0 Å². The van der Waals surface area contributed by atoms with E-state index < -0.39 is 46.7 Å². The highest BCUT2D eigenvalue weighted by Gasteiger charge is 2.36. The van der Waals surface area contributed by atoms with Crippen molar-refractivity contribution in [1.82, 2.24) is 20.8 Å². The van der Waals surface area contributed by atoms with Gasteiger partial charge < -0.3 is 31.7 Å². The van der Waals surface area contributed by atoms with E-state index in [1.165, 1.54) is 13.8 Å². The molecule has 12 heteroatoms. The predicted octanol–water partition coefficient (Wildman–Crippen LogP) is 4.19. The third-order valence-electron chi connectivity index (χ3n) is 8.55. The molecule has 258 valence electrons. The van der Waals surface area contributed by atoms with Crippen LogP contribution in [0.15, 0.2) is 115 Å². The second-order valence-corrected chi connectivity index (χ2v) is 12.2. The quantitative estimate of drug-likeness (QED) is 0.0669. The zero-order valence-corrected chi connectivity index (χ0v) is 27.8. The fraction of sp³-hybridized carbons (Fsp3) is 0.154. The van der Waals surface area contributed by atoms with Crippen LogP contribution in [-0.4, -0.2) is 68.3 Å². The van der Waals surface area contributed by atoms with Crippen LogP contribution in [-0.2, 0) is 20.8 Å². The normalized spacial score (nSPS) is 14.5. The van der Waals surface area contributed by atoms with Crippen molar-refractivity contribution >= 4 is 35.8 Å². The van der Waals surface area contributed by atoms with Gasteiger partial charge in [-0.25, -0.2) is 0 Å². The molecule has 0 saturated carbocycles. The van der Waals surface area contributed by atoms with Crippen LogP contribution in [0.2, 0.25) is 0 Å². The van der Waals surface area contributed by atoms with Gasteiger partial charge in [-0.2, -0.15) is 5.10 Å². The monoisotopic (exact) mass is 684 g/mol. The molecule has 1 aromatic heterocycles. The van der Waals surface area contributed by atoms with Gasteiger partial charge in [-0.3, -0.25) is 24.3 Å². The predicted molar refractivity (Wildman–Crippen MR) is 192 cm³/mol. The number of carbonyl (C=O) groups is 4. The molecular formula is C39H36N6O6. The SMILES string of the molecule is C[C@](O)(C(=O)N[C@@H](C=N)C(=O)c1ccc(-c2cc(-c3ccc(C(=O)[C@H](C=N)NC(=O)[C@](C)(O)c4ccccc4)cc3)[nH]n2)cc1)c1ccccc1. The van der Waals surface area contributed by atoms with Gasteiger partial charge in [0.2, 0.25) is 0 Å². The molecule has 5 rings (SSSR count). The van der Waals surface area contributed by atoms with Crippen LogP contribution in [0.5, 0.6) is 0 Å². The van der Waals surface area contributed by atoms with E-state index in [2.05, 4.69) is 20.8 Å². The van der Waals surface area contributed by atoms with Crippen LogP contribution < -0.4 is 10.6 Å². The minimum atomic E-state index is -1.91. The Morgan fingerprint density at radius 1 is 0.647 bits per heavy atom. The van der Waals surface area contributed by atoms with Crippen molar-refractivity contribution in [2.24, 2.45) is 0 Å². The van der Waals surface area contributed by atoms with Crippen molar-refractivity contribution in [3.8, 4) is 22.5 Å². The number of nitrogens with one attached hydrogen (secondary N) is 5. The molecule has 0 bridgehead atoms. The molecule has 4 aromatic carbocycles. The number of aromatic amines is 1. The van der Waals surface area contributed by atoms with E-state index in [0.29, 0.717) is 33.6 Å². The van der Waals surface area contributed by atoms with Crippen LogP contribution in [0.1, 0.15) is 45.7 Å². The van der Waals surface area contributed by atoms with E-state index in [0.717, 1.165) is 12.4 Å². The summed E-state index contributed by atoms with van der Waals surface area (Å²) in [6.07, 6.45) is 1.62. The summed E-state index contributed by atoms with van der Waals surface area (Å²) in [6, 6.07) is 28.8. The molecule has 0 spiro atoms. The molecule has 0 aliphatic carbocycles. The molecule has 0 unspecified atom stereocenters. The van der Waals surface area contributed by atoms with Crippen molar-refractivity contribution in [3.05, 3.63) is 138 Å². The summed E-state index contributed by atoms with van der Waals surface area (Å²) in [5.74, 6) is -2.69. The van der Waals surface area contributed by atoms with Gasteiger partial charge in [0, 0.05) is 29.1 Å². The number of rotatable bonds is 14. The number of aliphatic hydroxyl groups is 2. The first-order valence-corrected chi connectivity index (χ1v) is 15.9. The largest absolute Gasteiger partial charge is 0.376 e. The van der Waals surface area contributed by atoms with E-state index in [1.54, 1.807) is 115 Å². The molecule has 0 aliphatic heterocycles. The summed E-state index contributed by atoms with van der Waals surface area (Å²) in [4.78, 5) is 52.1. The van der Waals surface area contributed by atoms with E-state index in [9.17, 15) is 29.4 Å². The Bertz CT molecular complexity index is 1910. The summed E-state index contributed by atoms with van der Waals surface area (Å²) in [5, 5.41) is 49.3. The molecule has 5 aromatic rings. The molecule has 4 atom stereocenters. The van der Waals surface area contributed by atoms with Gasteiger partial charge in [-0.15, -0.1) is 0 Å². The smallest absolute Gasteiger partial charge is 0.257 e. The average molecular weight is 685 g/mol. The highest BCUT2D eigenvalue weighted by molar-refractivity contribution is 6.12. The Morgan fingerprint density at radius 2 is 1.04 bits per heavy atom. The maximum Gasteiger partial charge on any atom is 0.257 e. The van der Waals surface area contributed by atoms with Crippen molar-refractivity contribution in [1.29, 1.82) is 10.8 Å². The topological polar surface area (TPSA) is 209 Å². The van der Waals surface area contributed by atoms with Crippen molar-refractivity contribution in [3.63, 3.8) is 0 Å². The number of ketones is 2. The van der Waals surface area contributed by atoms with Crippen LogP contribution in [0, 0.1) is 10.8 Å². The first-order valence-electron chi connectivity index (χ1n) is 15.9. The summed E-state index contributed by atoms with van der Waals surface area (Å²) in [5.41, 5.74) is -0.0537. The summed E-state index contributed by atoms with van der Waals surface area (Å²) in [7, 11) is 0. The molecule has 12 nitrogen and oxygen atoms in total. The van der Waals surface area contributed by atoms with Gasteiger partial charge in [0.15, 0.2) is 22.8 Å². The van der Waals surface area contributed by atoms with Gasteiger partial charge in [-0.05, 0) is 36.6 Å². The third-order valence-corrected chi connectivity index (χ3v) is 8.55. The van der Waals surface area contributed by atoms with Gasteiger partial charge in [0.05, 0.1) is 11.4 Å². The second-order valence-electron chi connectivity index (χ2n) is 12.2. The maximum atomic E-state index is 13.2. The van der Waals surface area contributed by atoms with Crippen molar-refractivity contribution in [2.75, 3.05) is 0 Å². The zero-order chi connectivity index (χ0) is 36.8. The first-order chi connectivity index (χ1) is 24.4. The summed E-state index contributed by atoms with van der Waals surface area (Å²) >= 11 is 0. The van der Waals surface area contributed by atoms with E-state index in [-0.39, 0.29) is 11.1 Å². The molecule has 7 N–H and O–H groups in total. The van der Waals surface area contributed by atoms with Gasteiger partial charge in [-0.1, -0.05) is 109 Å². The minimum absolute atomic E-state index is 0.242. The summed E-state index contributed by atoms with van der Waals surface area (Å²) < 4.78 is 0. The lowest BCUT2D eigenvalue weighted by Gasteiger charge is -2.25. The molecule has 51 heavy (non-hydrogen) atoms. The maximum absolute atomic E-state index is 13.2. The number of H-pyrrole nitrogens is 1. The Morgan fingerprint density at radius 3 is 1.43 bits per heavy atom. The number of hydrogen-bond acceptors (Lipinski definition) is 9. The zero-order valence-electron chi connectivity index (χ0n) is 27.8. The van der Waals surface area contributed by atoms with Gasteiger partial charge in [0.1, 0.15) is 12.1 Å². The fourth-order valence-electron chi connectivity index (χ4n) is 5.31. The molecule has 0 saturated heterocycles. The Hall–Kier alpha value is -6.37. The van der Waals surface area contributed by atoms with Gasteiger partial charge >= 0.3 is 0 Å². The Balaban J connectivity index is 1.23. The second kappa shape index (κ2) is 15.0. The van der Waals surface area contributed by atoms with Crippen LogP contribution >= 0.6 is 0 Å². The van der Waals surface area contributed by atoms with E-state index in [4.69, 9.17) is 10.8 Å². The minimum Gasteiger partial charge on any atom is -0.376 e. The lowest BCUT2D eigenvalue weighted by atomic mass is 9.94. The number of amides is 2. The lowest BCUT2D eigenvalue weighted by Crippen LogP contribution is -2.50. The number of hydrogen-bond donors (Lipinski definition) is 7. The van der Waals surface area contributed by atoms with E-state index >= 15 is 0 Å². The molecule has 0 fully saturated rings. The highest BCUT2D eigenvalue weighted by atomic mass is 16.3. The number of carbonyl (C=O) groups excluding carboxylic acids is 4. The molecule has 0 aliphatic rings. The van der Waals surface area contributed by atoms with Gasteiger partial charge in [0.25, 0.3) is 11.8 Å². The molecule has 0 radical (unpaired) electrons. The van der Waals surface area contributed by atoms with Crippen LogP contribution in [0.3, 0.4) is 0 Å². The molecular weight excluding hydrogens is 648 g/mol. The highest BCUT2D eigenvalue weighted by Crippen LogP contribution is 2.26.